The van der Waals surface area contributed by atoms with Crippen molar-refractivity contribution < 1.29 is 0 Å². The third-order valence-corrected chi connectivity index (χ3v) is 4.25. The van der Waals surface area contributed by atoms with Crippen molar-refractivity contribution >= 4 is 0 Å². The number of nitrogens with two attached hydrogens (primary N) is 1. The van der Waals surface area contributed by atoms with E-state index in [4.69, 9.17) is 5.73 Å². The first-order valence-corrected chi connectivity index (χ1v) is 6.64. The monoisotopic (exact) mass is 212 g/mol. The average Bonchev–Trinajstić information content (AvgIpc) is 2.31. The van der Waals surface area contributed by atoms with Gasteiger partial charge in [-0.2, -0.15) is 0 Å². The predicted octanol–water partition coefficient (Wildman–Crippen LogP) is 2.77. The average molecular weight is 212 g/mol. The van der Waals surface area contributed by atoms with Crippen LogP contribution in [0, 0.1) is 0 Å². The quantitative estimate of drug-likeness (QED) is 0.759. The van der Waals surface area contributed by atoms with E-state index >= 15 is 0 Å². The highest BCUT2D eigenvalue weighted by Gasteiger charge is 2.33. The minimum atomic E-state index is 0.219. The highest BCUT2D eigenvalue weighted by atomic mass is 15.2. The molecule has 0 aromatic carbocycles. The normalized spacial score (nSPS) is 23.0. The zero-order chi connectivity index (χ0) is 11.3. The molecular formula is C13H28N2. The van der Waals surface area contributed by atoms with Gasteiger partial charge in [-0.15, -0.1) is 0 Å². The van der Waals surface area contributed by atoms with Crippen molar-refractivity contribution in [1.82, 2.24) is 4.90 Å². The van der Waals surface area contributed by atoms with E-state index in [0.717, 1.165) is 25.6 Å². The summed E-state index contributed by atoms with van der Waals surface area (Å²) in [6.45, 7) is 8.79. The second-order valence-electron chi connectivity index (χ2n) is 5.13. The molecule has 0 heterocycles. The summed E-state index contributed by atoms with van der Waals surface area (Å²) in [7, 11) is 0. The van der Waals surface area contributed by atoms with Gasteiger partial charge in [0.1, 0.15) is 0 Å². The van der Waals surface area contributed by atoms with Crippen LogP contribution in [0.25, 0.3) is 0 Å². The smallest absolute Gasteiger partial charge is 0.0303 e. The fourth-order valence-electron chi connectivity index (χ4n) is 2.94. The number of hydrogen-bond acceptors (Lipinski definition) is 2. The van der Waals surface area contributed by atoms with E-state index in [-0.39, 0.29) is 5.54 Å². The van der Waals surface area contributed by atoms with Crippen LogP contribution in [0.1, 0.15) is 59.3 Å². The minimum Gasteiger partial charge on any atom is -0.329 e. The SMILES string of the molecule is CCN(C1CCCCC1)C(C)(CC)CN. The summed E-state index contributed by atoms with van der Waals surface area (Å²) in [5.74, 6) is 0. The lowest BCUT2D eigenvalue weighted by Gasteiger charge is -2.46. The Morgan fingerprint density at radius 3 is 2.20 bits per heavy atom. The molecule has 1 aliphatic rings. The van der Waals surface area contributed by atoms with Gasteiger partial charge < -0.3 is 5.73 Å². The molecular weight excluding hydrogens is 184 g/mol. The van der Waals surface area contributed by atoms with Crippen LogP contribution in [-0.2, 0) is 0 Å². The van der Waals surface area contributed by atoms with Gasteiger partial charge in [0, 0.05) is 18.1 Å². The van der Waals surface area contributed by atoms with Crippen molar-refractivity contribution in [1.29, 1.82) is 0 Å². The van der Waals surface area contributed by atoms with Crippen LogP contribution in [-0.4, -0.2) is 29.6 Å². The van der Waals surface area contributed by atoms with Gasteiger partial charge in [-0.25, -0.2) is 0 Å². The zero-order valence-corrected chi connectivity index (χ0v) is 10.8. The van der Waals surface area contributed by atoms with Gasteiger partial charge >= 0.3 is 0 Å². The molecule has 2 N–H and O–H groups in total. The number of nitrogens with zero attached hydrogens (tertiary/aromatic N) is 1. The lowest BCUT2D eigenvalue weighted by Crippen LogP contribution is -2.55. The van der Waals surface area contributed by atoms with Gasteiger partial charge in [-0.1, -0.05) is 33.1 Å². The van der Waals surface area contributed by atoms with Crippen molar-refractivity contribution in [2.24, 2.45) is 5.73 Å². The summed E-state index contributed by atoms with van der Waals surface area (Å²) in [5, 5.41) is 0. The molecule has 1 atom stereocenters. The third-order valence-electron chi connectivity index (χ3n) is 4.25. The van der Waals surface area contributed by atoms with E-state index in [0.29, 0.717) is 0 Å². The first-order chi connectivity index (χ1) is 7.18. The molecule has 90 valence electrons. The Balaban J connectivity index is 2.67. The molecule has 0 bridgehead atoms. The van der Waals surface area contributed by atoms with Crippen molar-refractivity contribution in [3.05, 3.63) is 0 Å². The maximum absolute atomic E-state index is 5.96. The topological polar surface area (TPSA) is 29.3 Å². The molecule has 0 spiro atoms. The number of likely N-dealkylation sites (N-methyl/N-ethyl adjacent to an activating group) is 1. The molecule has 0 aromatic rings. The van der Waals surface area contributed by atoms with Gasteiger partial charge in [0.15, 0.2) is 0 Å². The van der Waals surface area contributed by atoms with Crippen LogP contribution in [0.2, 0.25) is 0 Å². The lowest BCUT2D eigenvalue weighted by atomic mass is 9.88. The fraction of sp³-hybridized carbons (Fsp3) is 1.00. The maximum Gasteiger partial charge on any atom is 0.0303 e. The third kappa shape index (κ3) is 2.94. The highest BCUT2D eigenvalue weighted by Crippen LogP contribution is 2.29. The molecule has 0 aliphatic heterocycles. The Morgan fingerprint density at radius 2 is 1.80 bits per heavy atom. The Bertz CT molecular complexity index is 169. The van der Waals surface area contributed by atoms with E-state index in [1.165, 1.54) is 32.1 Å². The fourth-order valence-corrected chi connectivity index (χ4v) is 2.94. The molecule has 0 aromatic heterocycles. The van der Waals surface area contributed by atoms with Gasteiger partial charge in [0.2, 0.25) is 0 Å². The Labute approximate surface area is 95.2 Å². The first kappa shape index (κ1) is 13.0. The second kappa shape index (κ2) is 5.86. The molecule has 1 saturated carbocycles. The first-order valence-electron chi connectivity index (χ1n) is 6.64. The summed E-state index contributed by atoms with van der Waals surface area (Å²) in [6.07, 6.45) is 8.16. The summed E-state index contributed by atoms with van der Waals surface area (Å²) in [6, 6.07) is 0.789. The zero-order valence-electron chi connectivity index (χ0n) is 10.8. The number of rotatable bonds is 5. The van der Waals surface area contributed by atoms with Crippen LogP contribution in [0.3, 0.4) is 0 Å². The minimum absolute atomic E-state index is 0.219. The van der Waals surface area contributed by atoms with Crippen LogP contribution in [0.4, 0.5) is 0 Å². The molecule has 1 rings (SSSR count). The van der Waals surface area contributed by atoms with Crippen LogP contribution < -0.4 is 5.73 Å². The van der Waals surface area contributed by atoms with Crippen molar-refractivity contribution in [2.45, 2.75) is 70.9 Å². The molecule has 1 aliphatic carbocycles. The van der Waals surface area contributed by atoms with Gasteiger partial charge in [-0.05, 0) is 32.7 Å². The van der Waals surface area contributed by atoms with Crippen molar-refractivity contribution in [3.8, 4) is 0 Å². The standard InChI is InChI=1S/C13H28N2/c1-4-13(3,11-14)15(5-2)12-9-7-6-8-10-12/h12H,4-11,14H2,1-3H3. The Morgan fingerprint density at radius 1 is 1.20 bits per heavy atom. The van der Waals surface area contributed by atoms with Crippen LogP contribution in [0.5, 0.6) is 0 Å². The van der Waals surface area contributed by atoms with E-state index in [1.807, 2.05) is 0 Å². The van der Waals surface area contributed by atoms with E-state index in [2.05, 4.69) is 25.7 Å². The molecule has 0 saturated heterocycles. The summed E-state index contributed by atoms with van der Waals surface area (Å²) in [5.41, 5.74) is 6.18. The molecule has 15 heavy (non-hydrogen) atoms. The van der Waals surface area contributed by atoms with Crippen LogP contribution >= 0.6 is 0 Å². The molecule has 2 heteroatoms. The van der Waals surface area contributed by atoms with E-state index in [9.17, 15) is 0 Å². The second-order valence-corrected chi connectivity index (χ2v) is 5.13. The van der Waals surface area contributed by atoms with Crippen molar-refractivity contribution in [3.63, 3.8) is 0 Å². The van der Waals surface area contributed by atoms with E-state index < -0.39 is 0 Å². The summed E-state index contributed by atoms with van der Waals surface area (Å²) >= 11 is 0. The van der Waals surface area contributed by atoms with Gasteiger partial charge in [-0.3, -0.25) is 4.90 Å². The molecule has 1 fully saturated rings. The summed E-state index contributed by atoms with van der Waals surface area (Å²) in [4.78, 5) is 2.66. The van der Waals surface area contributed by atoms with Crippen LogP contribution in [0.15, 0.2) is 0 Å². The predicted molar refractivity (Wildman–Crippen MR) is 67.0 cm³/mol. The van der Waals surface area contributed by atoms with Crippen molar-refractivity contribution in [2.75, 3.05) is 13.1 Å². The summed E-state index contributed by atoms with van der Waals surface area (Å²) < 4.78 is 0. The molecule has 2 nitrogen and oxygen atoms in total. The molecule has 0 amide bonds. The molecule has 1 unspecified atom stereocenters. The van der Waals surface area contributed by atoms with Gasteiger partial charge in [0.25, 0.3) is 0 Å². The maximum atomic E-state index is 5.96. The largest absolute Gasteiger partial charge is 0.329 e. The van der Waals surface area contributed by atoms with Gasteiger partial charge in [0.05, 0.1) is 0 Å². The lowest BCUT2D eigenvalue weighted by molar-refractivity contribution is 0.0446. The molecule has 0 radical (unpaired) electrons. The van der Waals surface area contributed by atoms with E-state index in [1.54, 1.807) is 0 Å². The Hall–Kier alpha value is -0.0800. The number of hydrogen-bond donors (Lipinski definition) is 1. The highest BCUT2D eigenvalue weighted by molar-refractivity contribution is 4.90. The Kier molecular flexibility index (Phi) is 5.07.